The van der Waals surface area contributed by atoms with Gasteiger partial charge in [0.25, 0.3) is 0 Å². The molecule has 3 aromatic rings. The molecule has 0 aliphatic rings. The Morgan fingerprint density at radius 2 is 1.93 bits per heavy atom. The highest BCUT2D eigenvalue weighted by molar-refractivity contribution is 7.15. The van der Waals surface area contributed by atoms with Crippen LogP contribution >= 0.6 is 22.9 Å². The van der Waals surface area contributed by atoms with Gasteiger partial charge in [-0.15, -0.1) is 11.3 Å². The Labute approximate surface area is 168 Å². The zero-order valence-corrected chi connectivity index (χ0v) is 16.9. The van der Waals surface area contributed by atoms with Gasteiger partial charge >= 0.3 is 0 Å². The summed E-state index contributed by atoms with van der Waals surface area (Å²) in [5.74, 6) is 0.792. The third-order valence-corrected chi connectivity index (χ3v) is 5.56. The molecule has 1 N–H and O–H groups in total. The number of benzene rings is 2. The Kier molecular flexibility index (Phi) is 6.48. The summed E-state index contributed by atoms with van der Waals surface area (Å²) in [7, 11) is 0. The van der Waals surface area contributed by atoms with E-state index in [0.717, 1.165) is 32.5 Å². The van der Waals surface area contributed by atoms with Crippen LogP contribution in [0, 0.1) is 6.92 Å². The maximum Gasteiger partial charge on any atom is 0.224 e. The van der Waals surface area contributed by atoms with Gasteiger partial charge in [0.05, 0.1) is 30.3 Å². The number of aryl methyl sites for hydroxylation is 1. The molecule has 0 unspecified atom stereocenters. The SMILES string of the molecule is CCOc1ccc(CC(=O)NCc2sc(-c3ccccc3Cl)nc2C)cc1. The lowest BCUT2D eigenvalue weighted by molar-refractivity contribution is -0.120. The normalized spacial score (nSPS) is 10.6. The van der Waals surface area contributed by atoms with Crippen LogP contribution in [0.25, 0.3) is 10.6 Å². The van der Waals surface area contributed by atoms with Gasteiger partial charge in [0, 0.05) is 10.4 Å². The summed E-state index contributed by atoms with van der Waals surface area (Å²) in [6.07, 6.45) is 0.335. The van der Waals surface area contributed by atoms with Gasteiger partial charge in [-0.1, -0.05) is 41.9 Å². The molecule has 0 saturated heterocycles. The molecule has 2 aromatic carbocycles. The van der Waals surface area contributed by atoms with Gasteiger partial charge < -0.3 is 10.1 Å². The monoisotopic (exact) mass is 400 g/mol. The number of carbonyl (C=O) groups is 1. The highest BCUT2D eigenvalue weighted by Gasteiger charge is 2.13. The minimum absolute atomic E-state index is 0.0220. The van der Waals surface area contributed by atoms with Crippen molar-refractivity contribution in [3.63, 3.8) is 0 Å². The van der Waals surface area contributed by atoms with Crippen molar-refractivity contribution in [3.05, 3.63) is 69.7 Å². The molecule has 1 heterocycles. The number of ether oxygens (including phenoxy) is 1. The van der Waals surface area contributed by atoms with Crippen LogP contribution in [-0.4, -0.2) is 17.5 Å². The fraction of sp³-hybridized carbons (Fsp3) is 0.238. The summed E-state index contributed by atoms with van der Waals surface area (Å²) in [6.45, 7) is 4.98. The van der Waals surface area contributed by atoms with Crippen LogP contribution in [0.4, 0.5) is 0 Å². The topological polar surface area (TPSA) is 51.2 Å². The number of hydrogen-bond acceptors (Lipinski definition) is 4. The van der Waals surface area contributed by atoms with Crippen LogP contribution < -0.4 is 10.1 Å². The molecule has 0 aliphatic heterocycles. The van der Waals surface area contributed by atoms with E-state index in [1.165, 1.54) is 0 Å². The molecule has 27 heavy (non-hydrogen) atoms. The van der Waals surface area contributed by atoms with Gasteiger partial charge in [0.2, 0.25) is 5.91 Å². The summed E-state index contributed by atoms with van der Waals surface area (Å²) in [5, 5.41) is 4.52. The second-order valence-corrected chi connectivity index (χ2v) is 7.53. The molecule has 0 spiro atoms. The number of carbonyl (C=O) groups excluding carboxylic acids is 1. The molecule has 0 aliphatic carbocycles. The first-order valence-electron chi connectivity index (χ1n) is 8.76. The van der Waals surface area contributed by atoms with E-state index in [2.05, 4.69) is 10.3 Å². The van der Waals surface area contributed by atoms with Crippen molar-refractivity contribution in [2.75, 3.05) is 6.61 Å². The predicted molar refractivity (Wildman–Crippen MR) is 110 cm³/mol. The molecule has 0 saturated carbocycles. The summed E-state index contributed by atoms with van der Waals surface area (Å²) in [6, 6.07) is 15.2. The van der Waals surface area contributed by atoms with Gasteiger partial charge in [-0.3, -0.25) is 4.79 Å². The first-order chi connectivity index (χ1) is 13.1. The lowest BCUT2D eigenvalue weighted by Gasteiger charge is -2.06. The summed E-state index contributed by atoms with van der Waals surface area (Å²) in [5.41, 5.74) is 2.78. The molecule has 4 nitrogen and oxygen atoms in total. The third-order valence-electron chi connectivity index (χ3n) is 4.04. The number of nitrogens with one attached hydrogen (secondary N) is 1. The van der Waals surface area contributed by atoms with E-state index in [0.29, 0.717) is 24.6 Å². The van der Waals surface area contributed by atoms with E-state index in [-0.39, 0.29) is 5.91 Å². The lowest BCUT2D eigenvalue weighted by Crippen LogP contribution is -2.24. The molecular weight excluding hydrogens is 380 g/mol. The van der Waals surface area contributed by atoms with E-state index < -0.39 is 0 Å². The number of thiazole rings is 1. The smallest absolute Gasteiger partial charge is 0.224 e. The van der Waals surface area contributed by atoms with Crippen molar-refractivity contribution in [2.24, 2.45) is 0 Å². The molecule has 0 bridgehead atoms. The van der Waals surface area contributed by atoms with Crippen molar-refractivity contribution in [1.29, 1.82) is 0 Å². The van der Waals surface area contributed by atoms with Gasteiger partial charge in [-0.2, -0.15) is 0 Å². The van der Waals surface area contributed by atoms with Crippen LogP contribution in [0.3, 0.4) is 0 Å². The molecule has 1 aromatic heterocycles. The van der Waals surface area contributed by atoms with Crippen LogP contribution in [0.5, 0.6) is 5.75 Å². The Morgan fingerprint density at radius 3 is 2.63 bits per heavy atom. The van der Waals surface area contributed by atoms with E-state index in [1.807, 2.05) is 62.4 Å². The fourth-order valence-electron chi connectivity index (χ4n) is 2.64. The van der Waals surface area contributed by atoms with Crippen molar-refractivity contribution >= 4 is 28.8 Å². The van der Waals surface area contributed by atoms with E-state index >= 15 is 0 Å². The van der Waals surface area contributed by atoms with Crippen molar-refractivity contribution in [2.45, 2.75) is 26.8 Å². The second kappa shape index (κ2) is 9.02. The minimum Gasteiger partial charge on any atom is -0.494 e. The predicted octanol–water partition coefficient (Wildman–Crippen LogP) is 5.03. The van der Waals surface area contributed by atoms with Crippen molar-refractivity contribution in [3.8, 4) is 16.3 Å². The fourth-order valence-corrected chi connectivity index (χ4v) is 3.96. The first kappa shape index (κ1) is 19.4. The highest BCUT2D eigenvalue weighted by Crippen LogP contribution is 2.32. The zero-order chi connectivity index (χ0) is 19.2. The van der Waals surface area contributed by atoms with E-state index in [4.69, 9.17) is 16.3 Å². The van der Waals surface area contributed by atoms with Crippen molar-refractivity contribution < 1.29 is 9.53 Å². The standard InChI is InChI=1S/C21H21ClN2O2S/c1-3-26-16-10-8-15(9-11-16)12-20(25)23-13-19-14(2)24-21(27-19)17-6-4-5-7-18(17)22/h4-11H,3,12-13H2,1-2H3,(H,23,25). The van der Waals surface area contributed by atoms with Crippen LogP contribution in [0.1, 0.15) is 23.1 Å². The zero-order valence-electron chi connectivity index (χ0n) is 15.3. The Bertz CT molecular complexity index is 922. The molecular formula is C21H21ClN2O2S. The maximum atomic E-state index is 12.3. The maximum absolute atomic E-state index is 12.3. The molecule has 140 valence electrons. The Hall–Kier alpha value is -2.37. The number of hydrogen-bond donors (Lipinski definition) is 1. The summed E-state index contributed by atoms with van der Waals surface area (Å²) < 4.78 is 5.42. The summed E-state index contributed by atoms with van der Waals surface area (Å²) >= 11 is 7.81. The average Bonchev–Trinajstić information content (AvgIpc) is 3.03. The molecule has 0 radical (unpaired) electrons. The van der Waals surface area contributed by atoms with Crippen LogP contribution in [-0.2, 0) is 17.8 Å². The lowest BCUT2D eigenvalue weighted by atomic mass is 10.1. The highest BCUT2D eigenvalue weighted by atomic mass is 35.5. The minimum atomic E-state index is -0.0220. The second-order valence-electron chi connectivity index (χ2n) is 6.04. The van der Waals surface area contributed by atoms with Gasteiger partial charge in [-0.05, 0) is 37.6 Å². The number of rotatable bonds is 7. The first-order valence-corrected chi connectivity index (χ1v) is 9.96. The van der Waals surface area contributed by atoms with Gasteiger partial charge in [-0.25, -0.2) is 4.98 Å². The average molecular weight is 401 g/mol. The Balaban J connectivity index is 1.60. The Morgan fingerprint density at radius 1 is 1.19 bits per heavy atom. The number of amides is 1. The quantitative estimate of drug-likeness (QED) is 0.605. The third kappa shape index (κ3) is 5.08. The number of halogens is 1. The van der Waals surface area contributed by atoms with Crippen molar-refractivity contribution in [1.82, 2.24) is 10.3 Å². The van der Waals surface area contributed by atoms with Gasteiger partial charge in [0.1, 0.15) is 10.8 Å². The largest absolute Gasteiger partial charge is 0.494 e. The number of aromatic nitrogens is 1. The van der Waals surface area contributed by atoms with E-state index in [1.54, 1.807) is 11.3 Å². The van der Waals surface area contributed by atoms with Crippen LogP contribution in [0.2, 0.25) is 5.02 Å². The molecule has 3 rings (SSSR count). The van der Waals surface area contributed by atoms with Gasteiger partial charge in [0.15, 0.2) is 0 Å². The van der Waals surface area contributed by atoms with E-state index in [9.17, 15) is 4.79 Å². The molecule has 6 heteroatoms. The van der Waals surface area contributed by atoms with Crippen LogP contribution in [0.15, 0.2) is 48.5 Å². The molecule has 0 atom stereocenters. The molecule has 0 fully saturated rings. The molecule has 1 amide bonds. The summed E-state index contributed by atoms with van der Waals surface area (Å²) in [4.78, 5) is 17.9. The number of nitrogens with zero attached hydrogens (tertiary/aromatic N) is 1.